The molecule has 0 saturated carbocycles. The number of ether oxygens (including phenoxy) is 2. The predicted octanol–water partition coefficient (Wildman–Crippen LogP) is 2.97. The Balaban J connectivity index is 2.24. The Morgan fingerprint density at radius 1 is 1.19 bits per heavy atom. The minimum absolute atomic E-state index is 0.0526. The second kappa shape index (κ2) is 11.3. The van der Waals surface area contributed by atoms with Crippen molar-refractivity contribution >= 4 is 41.4 Å². The first kappa shape index (κ1) is 24.1. The summed E-state index contributed by atoms with van der Waals surface area (Å²) in [5.74, 6) is -2.42. The highest BCUT2D eigenvalue weighted by Gasteiger charge is 2.41. The number of rotatable bonds is 9. The normalized spacial score (nSPS) is 17.5. The third kappa shape index (κ3) is 6.68. The zero-order valence-electron chi connectivity index (χ0n) is 16.7. The van der Waals surface area contributed by atoms with Gasteiger partial charge in [0.1, 0.15) is 25.1 Å². The number of anilines is 1. The van der Waals surface area contributed by atoms with Gasteiger partial charge in [0.25, 0.3) is 0 Å². The molecule has 2 atom stereocenters. The topological polar surface area (TPSA) is 102 Å². The molecule has 1 fully saturated rings. The van der Waals surface area contributed by atoms with Crippen LogP contribution in [0, 0.1) is 11.7 Å². The number of likely N-dealkylation sites (tertiary alicyclic amines) is 1. The number of hydrogen-bond acceptors (Lipinski definition) is 6. The molecule has 8 nitrogen and oxygen atoms in total. The van der Waals surface area contributed by atoms with E-state index < -0.39 is 29.8 Å². The number of carbonyl (C=O) groups excluding carboxylic acids is 4. The van der Waals surface area contributed by atoms with E-state index >= 15 is 0 Å². The number of hydrogen-bond donors (Lipinski definition) is 2. The fraction of sp³-hybridized carbons (Fsp3) is 0.333. The van der Waals surface area contributed by atoms with Crippen molar-refractivity contribution < 1.29 is 33.0 Å². The van der Waals surface area contributed by atoms with Crippen LogP contribution in [0.4, 0.5) is 14.9 Å². The van der Waals surface area contributed by atoms with E-state index in [0.29, 0.717) is 0 Å². The molecule has 1 aromatic carbocycles. The number of esters is 1. The van der Waals surface area contributed by atoms with Crippen LogP contribution in [0.5, 0.6) is 0 Å². The van der Waals surface area contributed by atoms with Crippen LogP contribution >= 0.6 is 12.6 Å². The van der Waals surface area contributed by atoms with Gasteiger partial charge in [-0.15, -0.1) is 12.6 Å². The van der Waals surface area contributed by atoms with Crippen LogP contribution in [0.25, 0.3) is 0 Å². The maximum absolute atomic E-state index is 13.8. The molecule has 0 unspecified atom stereocenters. The Labute approximate surface area is 184 Å². The Kier molecular flexibility index (Phi) is 8.80. The molecule has 1 aromatic rings. The lowest BCUT2D eigenvalue weighted by atomic mass is 10.0. The van der Waals surface area contributed by atoms with Gasteiger partial charge in [-0.2, -0.15) is 0 Å². The number of benzene rings is 1. The predicted molar refractivity (Wildman–Crippen MR) is 114 cm³/mol. The maximum atomic E-state index is 13.8. The molecule has 2 rings (SSSR count). The lowest BCUT2D eigenvalue weighted by Gasteiger charge is -2.23. The molecule has 0 radical (unpaired) electrons. The Morgan fingerprint density at radius 3 is 2.52 bits per heavy atom. The van der Waals surface area contributed by atoms with Gasteiger partial charge < -0.3 is 14.8 Å². The summed E-state index contributed by atoms with van der Waals surface area (Å²) in [5, 5.41) is 2.11. The fourth-order valence-corrected chi connectivity index (χ4v) is 3.47. The molecule has 1 saturated heterocycles. The number of carbonyl (C=O) groups is 4. The van der Waals surface area contributed by atoms with E-state index in [0.717, 1.165) is 12.1 Å². The summed E-state index contributed by atoms with van der Waals surface area (Å²) in [6.07, 6.45) is 2.24. The molecule has 166 valence electrons. The second-order valence-corrected chi connectivity index (χ2v) is 7.30. The molecule has 1 N–H and O–H groups in total. The van der Waals surface area contributed by atoms with E-state index in [2.05, 4.69) is 31.1 Å². The van der Waals surface area contributed by atoms with Crippen molar-refractivity contribution in [2.24, 2.45) is 5.92 Å². The van der Waals surface area contributed by atoms with Gasteiger partial charge >= 0.3 is 12.1 Å². The van der Waals surface area contributed by atoms with Gasteiger partial charge in [-0.1, -0.05) is 25.3 Å². The van der Waals surface area contributed by atoms with Crippen molar-refractivity contribution in [1.29, 1.82) is 0 Å². The van der Waals surface area contributed by atoms with E-state index in [4.69, 9.17) is 9.47 Å². The van der Waals surface area contributed by atoms with Crippen LogP contribution in [0.2, 0.25) is 0 Å². The van der Waals surface area contributed by atoms with Gasteiger partial charge in [-0.05, 0) is 30.5 Å². The van der Waals surface area contributed by atoms with Crippen LogP contribution in [-0.2, 0) is 19.1 Å². The number of thiol groups is 1. The van der Waals surface area contributed by atoms with Crippen molar-refractivity contribution in [2.75, 3.05) is 25.1 Å². The number of nitrogens with one attached hydrogen (secondary N) is 1. The van der Waals surface area contributed by atoms with Gasteiger partial charge in [-0.3, -0.25) is 14.5 Å². The minimum atomic E-state index is -0.990. The summed E-state index contributed by atoms with van der Waals surface area (Å²) in [7, 11) is 0. The first-order valence-electron chi connectivity index (χ1n) is 9.41. The quantitative estimate of drug-likeness (QED) is 0.341. The zero-order chi connectivity index (χ0) is 23.0. The van der Waals surface area contributed by atoms with E-state index in [9.17, 15) is 23.6 Å². The third-order valence-electron chi connectivity index (χ3n) is 4.50. The smallest absolute Gasteiger partial charge is 0.410 e. The minimum Gasteiger partial charge on any atom is -0.458 e. The Hall–Kier alpha value is -3.14. The molecule has 1 heterocycles. The molecule has 0 spiro atoms. The van der Waals surface area contributed by atoms with Crippen LogP contribution in [0.1, 0.15) is 23.2 Å². The number of amides is 2. The average Bonchev–Trinajstić information content (AvgIpc) is 3.13. The Bertz CT molecular complexity index is 891. The largest absolute Gasteiger partial charge is 0.458 e. The highest BCUT2D eigenvalue weighted by molar-refractivity contribution is 7.96. The van der Waals surface area contributed by atoms with Crippen LogP contribution in [0.3, 0.4) is 0 Å². The monoisotopic (exact) mass is 450 g/mol. The summed E-state index contributed by atoms with van der Waals surface area (Å²) >= 11 is 3.76. The molecule has 0 aliphatic carbocycles. The van der Waals surface area contributed by atoms with Crippen LogP contribution in [0.15, 0.2) is 43.5 Å². The average molecular weight is 450 g/mol. The third-order valence-corrected chi connectivity index (χ3v) is 4.69. The summed E-state index contributed by atoms with van der Waals surface area (Å²) < 4.78 is 23.8. The summed E-state index contributed by atoms with van der Waals surface area (Å²) in [6.45, 7) is 6.90. The molecule has 1 aliphatic rings. The standard InChI is InChI=1S/C21H23FN2O6S/c1-3-7-29-20(27)15-6-5-14(22)11-16(15)23-19(26)17-9-13(10-18(25)31)12-24(17)21(28)30-8-4-2/h3-6,11,13,17H,1-2,7-10,12H2,(H,23,26)(H,25,31)/t13-,17-/m0/s1. The second-order valence-electron chi connectivity index (χ2n) is 6.80. The molecule has 31 heavy (non-hydrogen) atoms. The van der Waals surface area contributed by atoms with Crippen molar-refractivity contribution in [1.82, 2.24) is 4.90 Å². The Morgan fingerprint density at radius 2 is 1.87 bits per heavy atom. The van der Waals surface area contributed by atoms with E-state index in [1.54, 1.807) is 0 Å². The molecular weight excluding hydrogens is 427 g/mol. The first-order chi connectivity index (χ1) is 14.8. The van der Waals surface area contributed by atoms with E-state index in [1.165, 1.54) is 23.1 Å². The molecule has 2 amide bonds. The highest BCUT2D eigenvalue weighted by Crippen LogP contribution is 2.29. The van der Waals surface area contributed by atoms with Gasteiger partial charge in [0.05, 0.1) is 11.3 Å². The van der Waals surface area contributed by atoms with Crippen molar-refractivity contribution in [3.8, 4) is 0 Å². The number of nitrogens with zero attached hydrogens (tertiary/aromatic N) is 1. The molecule has 0 bridgehead atoms. The summed E-state index contributed by atoms with van der Waals surface area (Å²) in [4.78, 5) is 50.1. The van der Waals surface area contributed by atoms with Gasteiger partial charge in [0.15, 0.2) is 5.12 Å². The van der Waals surface area contributed by atoms with E-state index in [1.807, 2.05) is 0 Å². The molecular formula is C21H23FN2O6S. The van der Waals surface area contributed by atoms with Crippen molar-refractivity contribution in [3.63, 3.8) is 0 Å². The van der Waals surface area contributed by atoms with Gasteiger partial charge in [0, 0.05) is 13.0 Å². The molecule has 10 heteroatoms. The first-order valence-corrected chi connectivity index (χ1v) is 9.86. The lowest BCUT2D eigenvalue weighted by molar-refractivity contribution is -0.120. The maximum Gasteiger partial charge on any atom is 0.410 e. The number of halogens is 1. The summed E-state index contributed by atoms with van der Waals surface area (Å²) in [6, 6.07) is 2.23. The van der Waals surface area contributed by atoms with Crippen LogP contribution < -0.4 is 5.32 Å². The fourth-order valence-electron chi connectivity index (χ4n) is 3.21. The van der Waals surface area contributed by atoms with Gasteiger partial charge in [-0.25, -0.2) is 14.0 Å². The summed E-state index contributed by atoms with van der Waals surface area (Å²) in [5.41, 5.74) is -0.162. The SMILES string of the molecule is C=CCOC(=O)c1ccc(F)cc1NC(=O)[C@@H]1C[C@@H](CC(=O)S)CN1C(=O)OCC=C. The van der Waals surface area contributed by atoms with Gasteiger partial charge in [0.2, 0.25) is 5.91 Å². The van der Waals surface area contributed by atoms with Crippen molar-refractivity contribution in [2.45, 2.75) is 18.9 Å². The van der Waals surface area contributed by atoms with Crippen molar-refractivity contribution in [3.05, 3.63) is 54.9 Å². The highest BCUT2D eigenvalue weighted by atomic mass is 32.1. The molecule has 0 aromatic heterocycles. The van der Waals surface area contributed by atoms with Crippen LogP contribution in [-0.4, -0.2) is 53.8 Å². The zero-order valence-corrected chi connectivity index (χ0v) is 17.6. The van der Waals surface area contributed by atoms with E-state index in [-0.39, 0.29) is 54.9 Å². The molecule has 1 aliphatic heterocycles. The lowest BCUT2D eigenvalue weighted by Crippen LogP contribution is -2.43.